The zero-order valence-corrected chi connectivity index (χ0v) is 11.9. The van der Waals surface area contributed by atoms with Gasteiger partial charge in [0.15, 0.2) is 0 Å². The van der Waals surface area contributed by atoms with Crippen LogP contribution in [0.2, 0.25) is 0 Å². The SMILES string of the molecule is CC(c1ccc(-c2ccccc2)n1C)N(C)C(=O)NO. The minimum atomic E-state index is -0.528. The fraction of sp³-hybridized carbons (Fsp3) is 0.267. The molecule has 0 saturated heterocycles. The second-order valence-electron chi connectivity index (χ2n) is 4.77. The second-order valence-corrected chi connectivity index (χ2v) is 4.77. The highest BCUT2D eigenvalue weighted by Gasteiger charge is 2.20. The third-order valence-corrected chi connectivity index (χ3v) is 3.66. The van der Waals surface area contributed by atoms with Crippen molar-refractivity contribution in [1.82, 2.24) is 14.9 Å². The fourth-order valence-electron chi connectivity index (χ4n) is 2.30. The number of hydrogen-bond acceptors (Lipinski definition) is 2. The quantitative estimate of drug-likeness (QED) is 0.667. The molecular weight excluding hydrogens is 254 g/mol. The highest BCUT2D eigenvalue weighted by Crippen LogP contribution is 2.26. The van der Waals surface area contributed by atoms with Crippen molar-refractivity contribution in [3.8, 4) is 11.3 Å². The molecule has 1 heterocycles. The van der Waals surface area contributed by atoms with Gasteiger partial charge in [0, 0.05) is 25.5 Å². The van der Waals surface area contributed by atoms with Gasteiger partial charge in [0.1, 0.15) is 0 Å². The van der Waals surface area contributed by atoms with Crippen LogP contribution in [0.25, 0.3) is 11.3 Å². The average Bonchev–Trinajstić information content (AvgIpc) is 2.87. The van der Waals surface area contributed by atoms with Crippen molar-refractivity contribution >= 4 is 6.03 Å². The molecule has 0 fully saturated rings. The third-order valence-electron chi connectivity index (χ3n) is 3.66. The first kappa shape index (κ1) is 14.1. The Morgan fingerprint density at radius 3 is 2.50 bits per heavy atom. The maximum atomic E-state index is 11.5. The number of nitrogens with zero attached hydrogens (tertiary/aromatic N) is 2. The summed E-state index contributed by atoms with van der Waals surface area (Å²) in [5, 5.41) is 8.71. The van der Waals surface area contributed by atoms with E-state index in [9.17, 15) is 4.79 Å². The molecular formula is C15H19N3O2. The highest BCUT2D eigenvalue weighted by molar-refractivity contribution is 5.73. The van der Waals surface area contributed by atoms with E-state index >= 15 is 0 Å². The highest BCUT2D eigenvalue weighted by atomic mass is 16.5. The van der Waals surface area contributed by atoms with Gasteiger partial charge >= 0.3 is 6.03 Å². The zero-order valence-electron chi connectivity index (χ0n) is 11.9. The van der Waals surface area contributed by atoms with Gasteiger partial charge in [-0.2, -0.15) is 0 Å². The van der Waals surface area contributed by atoms with Crippen LogP contribution in [0.4, 0.5) is 4.79 Å². The van der Waals surface area contributed by atoms with Crippen molar-refractivity contribution < 1.29 is 10.0 Å². The summed E-state index contributed by atoms with van der Waals surface area (Å²) in [7, 11) is 3.62. The monoisotopic (exact) mass is 273 g/mol. The number of hydrogen-bond donors (Lipinski definition) is 2. The lowest BCUT2D eigenvalue weighted by molar-refractivity contribution is 0.126. The summed E-state index contributed by atoms with van der Waals surface area (Å²) in [5.41, 5.74) is 4.86. The number of amides is 2. The number of hydroxylamine groups is 1. The molecule has 0 bridgehead atoms. The Balaban J connectivity index is 2.32. The minimum absolute atomic E-state index is 0.149. The van der Waals surface area contributed by atoms with Gasteiger partial charge in [-0.3, -0.25) is 5.21 Å². The van der Waals surface area contributed by atoms with Gasteiger partial charge in [0.25, 0.3) is 0 Å². The van der Waals surface area contributed by atoms with Crippen molar-refractivity contribution in [2.75, 3.05) is 7.05 Å². The predicted molar refractivity (Wildman–Crippen MR) is 77.3 cm³/mol. The van der Waals surface area contributed by atoms with Crippen molar-refractivity contribution in [3.63, 3.8) is 0 Å². The van der Waals surface area contributed by atoms with Gasteiger partial charge < -0.3 is 9.47 Å². The first-order valence-corrected chi connectivity index (χ1v) is 6.44. The molecule has 2 aromatic rings. The van der Waals surface area contributed by atoms with E-state index in [0.29, 0.717) is 0 Å². The lowest BCUT2D eigenvalue weighted by Gasteiger charge is -2.25. The number of carbonyl (C=O) groups excluding carboxylic acids is 1. The van der Waals surface area contributed by atoms with Crippen LogP contribution in [-0.4, -0.2) is 27.8 Å². The molecule has 0 saturated carbocycles. The first-order valence-electron chi connectivity index (χ1n) is 6.44. The molecule has 0 aliphatic rings. The van der Waals surface area contributed by atoms with Crippen LogP contribution in [0.15, 0.2) is 42.5 Å². The number of urea groups is 1. The summed E-state index contributed by atoms with van der Waals surface area (Å²) >= 11 is 0. The van der Waals surface area contributed by atoms with E-state index in [1.54, 1.807) is 12.5 Å². The van der Waals surface area contributed by atoms with Crippen LogP contribution < -0.4 is 5.48 Å². The Kier molecular flexibility index (Phi) is 4.10. The van der Waals surface area contributed by atoms with Gasteiger partial charge in [0.05, 0.1) is 6.04 Å². The maximum Gasteiger partial charge on any atom is 0.341 e. The predicted octanol–water partition coefficient (Wildman–Crippen LogP) is 2.78. The van der Waals surface area contributed by atoms with Crippen molar-refractivity contribution in [2.45, 2.75) is 13.0 Å². The Morgan fingerprint density at radius 1 is 1.25 bits per heavy atom. The fourth-order valence-corrected chi connectivity index (χ4v) is 2.30. The second kappa shape index (κ2) is 5.79. The van der Waals surface area contributed by atoms with E-state index in [-0.39, 0.29) is 6.04 Å². The van der Waals surface area contributed by atoms with E-state index in [1.807, 2.05) is 56.4 Å². The Bertz CT molecular complexity index is 592. The average molecular weight is 273 g/mol. The smallest absolute Gasteiger partial charge is 0.341 e. The number of benzene rings is 1. The number of aromatic nitrogens is 1. The van der Waals surface area contributed by atoms with Gasteiger partial charge in [-0.15, -0.1) is 0 Å². The molecule has 0 spiro atoms. The zero-order chi connectivity index (χ0) is 14.7. The maximum absolute atomic E-state index is 11.5. The summed E-state index contributed by atoms with van der Waals surface area (Å²) in [6.07, 6.45) is 0. The van der Waals surface area contributed by atoms with Crippen LogP contribution in [0.1, 0.15) is 18.7 Å². The lowest BCUT2D eigenvalue weighted by atomic mass is 10.2. The lowest BCUT2D eigenvalue weighted by Crippen LogP contribution is -2.37. The summed E-state index contributed by atoms with van der Waals surface area (Å²) in [4.78, 5) is 12.9. The number of carbonyl (C=O) groups is 1. The van der Waals surface area contributed by atoms with Crippen LogP contribution in [0.3, 0.4) is 0 Å². The van der Waals surface area contributed by atoms with Crippen molar-refractivity contribution in [3.05, 3.63) is 48.2 Å². The summed E-state index contributed by atoms with van der Waals surface area (Å²) in [6.45, 7) is 1.92. The number of nitrogens with one attached hydrogen (secondary N) is 1. The standard InChI is InChI=1S/C15H19N3O2/c1-11(17(2)15(19)16-20)13-9-10-14(18(13)3)12-7-5-4-6-8-12/h4-11,20H,1-3H3,(H,16,19). The molecule has 2 amide bonds. The molecule has 0 aliphatic carbocycles. The summed E-state index contributed by atoms with van der Waals surface area (Å²) in [6, 6.07) is 13.4. The molecule has 0 aliphatic heterocycles. The Morgan fingerprint density at radius 2 is 1.90 bits per heavy atom. The molecule has 1 unspecified atom stereocenters. The van der Waals surface area contributed by atoms with Crippen LogP contribution >= 0.6 is 0 Å². The van der Waals surface area contributed by atoms with E-state index in [2.05, 4.69) is 4.57 Å². The van der Waals surface area contributed by atoms with Crippen LogP contribution in [0.5, 0.6) is 0 Å². The molecule has 106 valence electrons. The Labute approximate surface area is 118 Å². The topological polar surface area (TPSA) is 57.5 Å². The van der Waals surface area contributed by atoms with Gasteiger partial charge in [0.2, 0.25) is 0 Å². The molecule has 1 atom stereocenters. The van der Waals surface area contributed by atoms with Crippen LogP contribution in [0, 0.1) is 0 Å². The number of rotatable bonds is 3. The first-order chi connectivity index (χ1) is 9.56. The molecule has 5 heteroatoms. The van der Waals surface area contributed by atoms with Gasteiger partial charge in [-0.05, 0) is 24.6 Å². The molecule has 20 heavy (non-hydrogen) atoms. The van der Waals surface area contributed by atoms with Crippen molar-refractivity contribution in [2.24, 2.45) is 7.05 Å². The summed E-state index contributed by atoms with van der Waals surface area (Å²) < 4.78 is 2.06. The molecule has 5 nitrogen and oxygen atoms in total. The van der Waals surface area contributed by atoms with Crippen molar-refractivity contribution in [1.29, 1.82) is 0 Å². The van der Waals surface area contributed by atoms with Gasteiger partial charge in [-0.25, -0.2) is 10.3 Å². The van der Waals surface area contributed by atoms with E-state index < -0.39 is 6.03 Å². The Hall–Kier alpha value is -2.27. The van der Waals surface area contributed by atoms with E-state index in [1.165, 1.54) is 4.90 Å². The minimum Gasteiger partial charge on any atom is -0.346 e. The largest absolute Gasteiger partial charge is 0.346 e. The van der Waals surface area contributed by atoms with Gasteiger partial charge in [-0.1, -0.05) is 30.3 Å². The molecule has 2 N–H and O–H groups in total. The van der Waals surface area contributed by atoms with E-state index in [0.717, 1.165) is 17.0 Å². The van der Waals surface area contributed by atoms with Crippen LogP contribution in [-0.2, 0) is 7.05 Å². The molecule has 1 aromatic heterocycles. The summed E-state index contributed by atoms with van der Waals surface area (Å²) in [5.74, 6) is 0. The third kappa shape index (κ3) is 2.53. The molecule has 1 aromatic carbocycles. The normalized spacial score (nSPS) is 12.0. The molecule has 2 rings (SSSR count). The van der Waals surface area contributed by atoms with E-state index in [4.69, 9.17) is 5.21 Å². The molecule has 0 radical (unpaired) electrons.